The van der Waals surface area contributed by atoms with Crippen LogP contribution in [0.5, 0.6) is 0 Å². The summed E-state index contributed by atoms with van der Waals surface area (Å²) in [4.78, 5) is 14.6. The molecule has 1 amide bonds. The second kappa shape index (κ2) is 10.6. The number of benzene rings is 1. The summed E-state index contributed by atoms with van der Waals surface area (Å²) in [7, 11) is 0. The van der Waals surface area contributed by atoms with Gasteiger partial charge in [-0.3, -0.25) is 4.79 Å². The van der Waals surface area contributed by atoms with E-state index in [2.05, 4.69) is 10.2 Å². The number of hydrogen-bond donors (Lipinski definition) is 1. The normalized spacial score (nSPS) is 18.2. The van der Waals surface area contributed by atoms with E-state index in [9.17, 15) is 9.18 Å². The minimum Gasteiger partial charge on any atom is -0.419 e. The lowest BCUT2D eigenvalue weighted by Crippen LogP contribution is -2.36. The number of carbonyl (C=O) groups is 1. The second-order valence-electron chi connectivity index (χ2n) is 7.25. The summed E-state index contributed by atoms with van der Waals surface area (Å²) in [6.07, 6.45) is 13.2. The van der Waals surface area contributed by atoms with Crippen LogP contribution < -0.4 is 5.73 Å². The highest BCUT2D eigenvalue weighted by molar-refractivity contribution is 5.77. The number of aromatic nitrogens is 2. The number of nitrogens with zero attached hydrogens (tertiary/aromatic N) is 3. The van der Waals surface area contributed by atoms with Gasteiger partial charge in [0, 0.05) is 25.1 Å². The summed E-state index contributed by atoms with van der Waals surface area (Å²) in [5, 5.41) is 8.16. The van der Waals surface area contributed by atoms with Gasteiger partial charge in [-0.2, -0.15) is 0 Å². The topological polar surface area (TPSA) is 85.2 Å². The second-order valence-corrected chi connectivity index (χ2v) is 7.25. The predicted octanol–water partition coefficient (Wildman–Crippen LogP) is 3.98. The molecule has 6 nitrogen and oxygen atoms in total. The van der Waals surface area contributed by atoms with E-state index < -0.39 is 6.04 Å². The van der Waals surface area contributed by atoms with Gasteiger partial charge in [0.15, 0.2) is 0 Å². The molecule has 3 rings (SSSR count). The molecular formula is C23H27FN4O2. The van der Waals surface area contributed by atoms with Gasteiger partial charge in [0.2, 0.25) is 17.7 Å². The lowest BCUT2D eigenvalue weighted by atomic mass is 10.0. The Morgan fingerprint density at radius 3 is 2.90 bits per heavy atom. The maximum Gasteiger partial charge on any atom is 0.240 e. The van der Waals surface area contributed by atoms with Crippen LogP contribution in [0, 0.1) is 5.82 Å². The van der Waals surface area contributed by atoms with Crippen molar-refractivity contribution in [1.29, 1.82) is 0 Å². The minimum absolute atomic E-state index is 0.0779. The molecule has 0 spiro atoms. The van der Waals surface area contributed by atoms with Crippen LogP contribution in [0.3, 0.4) is 0 Å². The monoisotopic (exact) mass is 410 g/mol. The van der Waals surface area contributed by atoms with E-state index in [0.29, 0.717) is 30.3 Å². The molecular weight excluding hydrogens is 383 g/mol. The summed E-state index contributed by atoms with van der Waals surface area (Å²) >= 11 is 0. The number of rotatable bonds is 8. The van der Waals surface area contributed by atoms with E-state index in [0.717, 1.165) is 12.8 Å². The zero-order chi connectivity index (χ0) is 21.3. The van der Waals surface area contributed by atoms with Crippen molar-refractivity contribution in [3.05, 3.63) is 77.8 Å². The molecule has 1 aromatic heterocycles. The Morgan fingerprint density at radius 1 is 1.30 bits per heavy atom. The van der Waals surface area contributed by atoms with Crippen molar-refractivity contribution in [2.75, 3.05) is 6.54 Å². The van der Waals surface area contributed by atoms with E-state index in [1.54, 1.807) is 29.2 Å². The maximum atomic E-state index is 13.8. The smallest absolute Gasteiger partial charge is 0.240 e. The minimum atomic E-state index is -0.458. The third-order valence-corrected chi connectivity index (χ3v) is 4.96. The number of halogens is 1. The first kappa shape index (κ1) is 21.6. The first-order valence-electron chi connectivity index (χ1n) is 10.2. The summed E-state index contributed by atoms with van der Waals surface area (Å²) in [6.45, 7) is 2.56. The molecule has 2 atom stereocenters. The third kappa shape index (κ3) is 5.73. The van der Waals surface area contributed by atoms with E-state index in [-0.39, 0.29) is 24.2 Å². The van der Waals surface area contributed by atoms with Crippen molar-refractivity contribution in [2.24, 2.45) is 5.73 Å². The Bertz CT molecular complexity index is 935. The highest BCUT2D eigenvalue weighted by Gasteiger charge is 2.34. The Labute approximate surface area is 176 Å². The molecule has 7 heteroatoms. The van der Waals surface area contributed by atoms with Crippen LogP contribution in [0.4, 0.5) is 4.39 Å². The molecule has 2 heterocycles. The number of likely N-dealkylation sites (tertiary alicyclic amines) is 1. The van der Waals surface area contributed by atoms with Gasteiger partial charge in [0.1, 0.15) is 11.9 Å². The van der Waals surface area contributed by atoms with Gasteiger partial charge >= 0.3 is 0 Å². The predicted molar refractivity (Wildman–Crippen MR) is 114 cm³/mol. The molecule has 1 saturated heterocycles. The molecule has 2 aromatic rings. The van der Waals surface area contributed by atoms with Gasteiger partial charge in [-0.05, 0) is 37.8 Å². The van der Waals surface area contributed by atoms with Crippen LogP contribution in [0.1, 0.15) is 49.6 Å². The number of carbonyl (C=O) groups excluding carboxylic acids is 1. The zero-order valence-corrected chi connectivity index (χ0v) is 17.1. The summed E-state index contributed by atoms with van der Waals surface area (Å²) in [5.41, 5.74) is 6.66. The Balaban J connectivity index is 1.60. The van der Waals surface area contributed by atoms with Crippen LogP contribution in [0.15, 0.2) is 59.1 Å². The molecule has 0 bridgehead atoms. The number of allylic oxidation sites excluding steroid dienone is 5. The first-order chi connectivity index (χ1) is 14.6. The fourth-order valence-corrected chi connectivity index (χ4v) is 3.51. The molecule has 0 aliphatic carbocycles. The van der Waals surface area contributed by atoms with Gasteiger partial charge in [0.25, 0.3) is 0 Å². The van der Waals surface area contributed by atoms with Gasteiger partial charge < -0.3 is 15.1 Å². The molecule has 30 heavy (non-hydrogen) atoms. The number of hydrogen-bond acceptors (Lipinski definition) is 5. The number of amides is 1. The lowest BCUT2D eigenvalue weighted by Gasteiger charge is -2.23. The molecule has 0 radical (unpaired) electrons. The van der Waals surface area contributed by atoms with Crippen molar-refractivity contribution >= 4 is 12.0 Å². The largest absolute Gasteiger partial charge is 0.419 e. The van der Waals surface area contributed by atoms with Gasteiger partial charge in [-0.25, -0.2) is 4.39 Å². The average Bonchev–Trinajstić information content (AvgIpc) is 3.39. The first-order valence-corrected chi connectivity index (χ1v) is 10.2. The molecule has 1 aliphatic heterocycles. The zero-order valence-electron chi connectivity index (χ0n) is 17.1. The molecule has 0 unspecified atom stereocenters. The van der Waals surface area contributed by atoms with Crippen LogP contribution in [-0.2, 0) is 11.2 Å². The van der Waals surface area contributed by atoms with Gasteiger partial charge in [0.05, 0.1) is 0 Å². The van der Waals surface area contributed by atoms with Crippen LogP contribution >= 0.6 is 0 Å². The van der Waals surface area contributed by atoms with Gasteiger partial charge in [-0.1, -0.05) is 48.6 Å². The van der Waals surface area contributed by atoms with Crippen LogP contribution in [-0.4, -0.2) is 33.6 Å². The molecule has 1 fully saturated rings. The van der Waals surface area contributed by atoms with Crippen molar-refractivity contribution in [2.45, 2.75) is 44.7 Å². The Morgan fingerprint density at radius 2 is 2.10 bits per heavy atom. The lowest BCUT2D eigenvalue weighted by molar-refractivity contribution is -0.132. The summed E-state index contributed by atoms with van der Waals surface area (Å²) in [6, 6.07) is 5.79. The van der Waals surface area contributed by atoms with E-state index >= 15 is 0 Å². The van der Waals surface area contributed by atoms with Crippen molar-refractivity contribution in [3.8, 4) is 0 Å². The quantitative estimate of drug-likeness (QED) is 0.666. The Kier molecular flexibility index (Phi) is 7.68. The van der Waals surface area contributed by atoms with Crippen LogP contribution in [0.2, 0.25) is 0 Å². The highest BCUT2D eigenvalue weighted by Crippen LogP contribution is 2.32. The fourth-order valence-electron chi connectivity index (χ4n) is 3.51. The molecule has 0 saturated carbocycles. The van der Waals surface area contributed by atoms with Crippen molar-refractivity contribution < 1.29 is 13.6 Å². The molecule has 2 N–H and O–H groups in total. The standard InChI is InChI=1S/C23H27FN4O2/c1-2-3-4-5-6-13-21-26-27-23(30-21)20-12-9-14-28(20)22(29)16-18(25)15-17-10-7-8-11-19(17)24/h2-8,10-11,13,18,20H,9,12,14-16,25H2,1H3/t18-,20+/m1/s1. The number of nitrogens with two attached hydrogens (primary N) is 1. The molecule has 1 aromatic carbocycles. The van der Waals surface area contributed by atoms with E-state index in [1.807, 2.05) is 37.3 Å². The van der Waals surface area contributed by atoms with Crippen LogP contribution in [0.25, 0.3) is 6.08 Å². The van der Waals surface area contributed by atoms with E-state index in [4.69, 9.17) is 10.2 Å². The van der Waals surface area contributed by atoms with Crippen molar-refractivity contribution in [1.82, 2.24) is 15.1 Å². The SMILES string of the molecule is CC=CC=CC=Cc1nnc([C@@H]2CCCN2C(=O)C[C@H](N)Cc2ccccc2F)o1. The van der Waals surface area contributed by atoms with Crippen molar-refractivity contribution in [3.63, 3.8) is 0 Å². The maximum absolute atomic E-state index is 13.8. The third-order valence-electron chi connectivity index (χ3n) is 4.96. The average molecular weight is 410 g/mol. The Hall–Kier alpha value is -3.06. The van der Waals surface area contributed by atoms with E-state index in [1.165, 1.54) is 6.07 Å². The summed E-state index contributed by atoms with van der Waals surface area (Å²) < 4.78 is 19.6. The molecule has 1 aliphatic rings. The highest BCUT2D eigenvalue weighted by atomic mass is 19.1. The molecule has 158 valence electrons. The van der Waals surface area contributed by atoms with Gasteiger partial charge in [-0.15, -0.1) is 10.2 Å². The fraction of sp³-hybridized carbons (Fsp3) is 0.348. The summed E-state index contributed by atoms with van der Waals surface area (Å²) in [5.74, 6) is 0.448.